The molecule has 1 aliphatic rings. The number of benzene rings is 1. The normalized spacial score (nSPS) is 15.5. The number of rotatable bonds is 4. The van der Waals surface area contributed by atoms with Crippen LogP contribution < -0.4 is 9.47 Å². The molecule has 0 atom stereocenters. The van der Waals surface area contributed by atoms with Gasteiger partial charge in [0.25, 0.3) is 5.89 Å². The van der Waals surface area contributed by atoms with Crippen LogP contribution in [0.4, 0.5) is 0 Å². The summed E-state index contributed by atoms with van der Waals surface area (Å²) in [6.07, 6.45) is 4.95. The zero-order valence-corrected chi connectivity index (χ0v) is 13.3. The van der Waals surface area contributed by atoms with Gasteiger partial charge < -0.3 is 14.0 Å². The van der Waals surface area contributed by atoms with Gasteiger partial charge in [0.2, 0.25) is 3.83 Å². The van der Waals surface area contributed by atoms with Gasteiger partial charge in [-0.3, -0.25) is 0 Å². The molecule has 1 saturated carbocycles. The number of ether oxygens (including phenoxy) is 2. The van der Waals surface area contributed by atoms with Gasteiger partial charge in [-0.25, -0.2) is 0 Å². The van der Waals surface area contributed by atoms with Gasteiger partial charge in [-0.2, -0.15) is 4.98 Å². The van der Waals surface area contributed by atoms with Crippen LogP contribution in [0.15, 0.2) is 22.7 Å². The summed E-state index contributed by atoms with van der Waals surface area (Å²) in [6, 6.07) is 5.67. The molecule has 6 heteroatoms. The molecule has 0 unspecified atom stereocenters. The van der Waals surface area contributed by atoms with E-state index in [4.69, 9.17) is 14.0 Å². The second kappa shape index (κ2) is 5.99. The van der Waals surface area contributed by atoms with Crippen LogP contribution in [-0.4, -0.2) is 23.4 Å². The quantitative estimate of drug-likeness (QED) is 0.751. The van der Waals surface area contributed by atoms with Gasteiger partial charge in [0.1, 0.15) is 0 Å². The van der Waals surface area contributed by atoms with Crippen molar-refractivity contribution in [2.45, 2.75) is 31.8 Å². The lowest BCUT2D eigenvalue weighted by atomic mass is 10.2. The topological polar surface area (TPSA) is 57.4 Å². The summed E-state index contributed by atoms with van der Waals surface area (Å²) >= 11 is 2.02. The highest BCUT2D eigenvalue weighted by molar-refractivity contribution is 14.1. The predicted molar refractivity (Wildman–Crippen MR) is 81.9 cm³/mol. The Hall–Kier alpha value is -1.31. The number of methoxy groups -OCH3 is 1. The molecule has 2 aromatic rings. The molecule has 0 bridgehead atoms. The first kappa shape index (κ1) is 13.7. The molecule has 1 fully saturated rings. The molecule has 1 heterocycles. The fourth-order valence-electron chi connectivity index (χ4n) is 2.41. The third kappa shape index (κ3) is 2.89. The predicted octanol–water partition coefficient (Wildman–Crippen LogP) is 3.67. The van der Waals surface area contributed by atoms with Crippen molar-refractivity contribution in [3.63, 3.8) is 0 Å². The average molecular weight is 386 g/mol. The maximum atomic E-state index is 6.05. The van der Waals surface area contributed by atoms with Crippen LogP contribution in [0.2, 0.25) is 0 Å². The number of hydrogen-bond donors (Lipinski definition) is 0. The Kier molecular flexibility index (Phi) is 4.09. The first-order valence-corrected chi connectivity index (χ1v) is 7.68. The Bertz CT molecular complexity index is 594. The standard InChI is InChI=1S/C14H15IN2O3/c1-18-11-7-6-9(13-16-14(15)17-20-13)8-12(11)19-10-4-2-3-5-10/h6-8,10H,2-5H2,1H3. The molecule has 1 aromatic carbocycles. The molecule has 3 rings (SSSR count). The van der Waals surface area contributed by atoms with Crippen LogP contribution in [0.1, 0.15) is 25.7 Å². The molecule has 1 aromatic heterocycles. The maximum absolute atomic E-state index is 6.05. The van der Waals surface area contributed by atoms with Gasteiger partial charge in [0, 0.05) is 28.2 Å². The van der Waals surface area contributed by atoms with Gasteiger partial charge in [-0.1, -0.05) is 5.16 Å². The van der Waals surface area contributed by atoms with E-state index in [0.717, 1.165) is 29.9 Å². The third-order valence-corrected chi connectivity index (χ3v) is 3.85. The van der Waals surface area contributed by atoms with Gasteiger partial charge in [0.15, 0.2) is 11.5 Å². The molecule has 0 spiro atoms. The Balaban J connectivity index is 1.89. The second-order valence-corrected chi connectivity index (χ2v) is 5.72. The van der Waals surface area contributed by atoms with Crippen molar-refractivity contribution in [2.75, 3.05) is 7.11 Å². The highest BCUT2D eigenvalue weighted by Crippen LogP contribution is 2.35. The van der Waals surface area contributed by atoms with Crippen molar-refractivity contribution in [3.8, 4) is 23.0 Å². The summed E-state index contributed by atoms with van der Waals surface area (Å²) in [5.41, 5.74) is 0.842. The summed E-state index contributed by atoms with van der Waals surface area (Å²) in [4.78, 5) is 4.22. The molecule has 1 aliphatic carbocycles. The minimum absolute atomic E-state index is 0.280. The zero-order chi connectivity index (χ0) is 13.9. The van der Waals surface area contributed by atoms with Gasteiger partial charge in [0.05, 0.1) is 13.2 Å². The van der Waals surface area contributed by atoms with Crippen LogP contribution in [0, 0.1) is 3.83 Å². The lowest BCUT2D eigenvalue weighted by Crippen LogP contribution is -2.11. The van der Waals surface area contributed by atoms with E-state index < -0.39 is 0 Å². The second-order valence-electron chi connectivity index (χ2n) is 4.76. The Morgan fingerprint density at radius 1 is 1.25 bits per heavy atom. The molecular formula is C14H15IN2O3. The molecule has 0 radical (unpaired) electrons. The molecule has 0 N–H and O–H groups in total. The number of hydrogen-bond acceptors (Lipinski definition) is 5. The van der Waals surface area contributed by atoms with Crippen molar-refractivity contribution in [1.29, 1.82) is 0 Å². The van der Waals surface area contributed by atoms with Gasteiger partial charge >= 0.3 is 0 Å². The molecule has 20 heavy (non-hydrogen) atoms. The van der Waals surface area contributed by atoms with Gasteiger partial charge in [-0.05, 0) is 43.9 Å². The average Bonchev–Trinajstić information content (AvgIpc) is 3.10. The van der Waals surface area contributed by atoms with Gasteiger partial charge in [-0.15, -0.1) is 0 Å². The number of aromatic nitrogens is 2. The maximum Gasteiger partial charge on any atom is 0.258 e. The van der Waals surface area contributed by atoms with Crippen molar-refractivity contribution >= 4 is 22.6 Å². The number of nitrogens with zero attached hydrogens (tertiary/aromatic N) is 2. The minimum atomic E-state index is 0.280. The van der Waals surface area contributed by atoms with Crippen molar-refractivity contribution in [2.24, 2.45) is 0 Å². The third-order valence-electron chi connectivity index (χ3n) is 3.41. The van der Waals surface area contributed by atoms with Crippen LogP contribution in [0.3, 0.4) is 0 Å². The van der Waals surface area contributed by atoms with E-state index in [1.165, 1.54) is 12.8 Å². The smallest absolute Gasteiger partial charge is 0.258 e. The van der Waals surface area contributed by atoms with Crippen LogP contribution in [0.5, 0.6) is 11.5 Å². The summed E-state index contributed by atoms with van der Waals surface area (Å²) in [5.74, 6) is 1.97. The molecule has 0 aliphatic heterocycles. The highest BCUT2D eigenvalue weighted by atomic mass is 127. The molecule has 0 amide bonds. The Morgan fingerprint density at radius 2 is 2.05 bits per heavy atom. The van der Waals surface area contributed by atoms with E-state index in [-0.39, 0.29) is 6.10 Å². The summed E-state index contributed by atoms with van der Waals surface area (Å²) in [7, 11) is 1.64. The lowest BCUT2D eigenvalue weighted by Gasteiger charge is -2.16. The zero-order valence-electron chi connectivity index (χ0n) is 11.1. The SMILES string of the molecule is COc1ccc(-c2nc(I)no2)cc1OC1CCCC1. The highest BCUT2D eigenvalue weighted by Gasteiger charge is 2.19. The summed E-state index contributed by atoms with van der Waals surface area (Å²) in [5, 5.41) is 3.80. The van der Waals surface area contributed by atoms with E-state index >= 15 is 0 Å². The fraction of sp³-hybridized carbons (Fsp3) is 0.429. The van der Waals surface area contributed by atoms with E-state index in [2.05, 4.69) is 10.1 Å². The Morgan fingerprint density at radius 3 is 2.70 bits per heavy atom. The van der Waals surface area contributed by atoms with Crippen molar-refractivity contribution in [1.82, 2.24) is 10.1 Å². The van der Waals surface area contributed by atoms with Crippen LogP contribution in [-0.2, 0) is 0 Å². The summed E-state index contributed by atoms with van der Waals surface area (Å²) in [6.45, 7) is 0. The van der Waals surface area contributed by atoms with Crippen LogP contribution in [0.25, 0.3) is 11.5 Å². The van der Waals surface area contributed by atoms with E-state index in [1.807, 2.05) is 40.8 Å². The monoisotopic (exact) mass is 386 g/mol. The van der Waals surface area contributed by atoms with E-state index in [0.29, 0.717) is 9.72 Å². The Labute approximate surface area is 130 Å². The molecular weight excluding hydrogens is 371 g/mol. The fourth-order valence-corrected chi connectivity index (χ4v) is 2.73. The number of halogens is 1. The molecule has 106 valence electrons. The van der Waals surface area contributed by atoms with E-state index in [1.54, 1.807) is 7.11 Å². The molecule has 5 nitrogen and oxygen atoms in total. The summed E-state index contributed by atoms with van der Waals surface area (Å²) < 4.78 is 17.2. The largest absolute Gasteiger partial charge is 0.493 e. The first-order chi connectivity index (χ1) is 9.76. The van der Waals surface area contributed by atoms with Crippen molar-refractivity contribution in [3.05, 3.63) is 22.0 Å². The lowest BCUT2D eigenvalue weighted by molar-refractivity contribution is 0.201. The molecule has 0 saturated heterocycles. The van der Waals surface area contributed by atoms with Crippen molar-refractivity contribution < 1.29 is 14.0 Å². The van der Waals surface area contributed by atoms with E-state index in [9.17, 15) is 0 Å². The first-order valence-electron chi connectivity index (χ1n) is 6.60. The van der Waals surface area contributed by atoms with Crippen LogP contribution >= 0.6 is 22.6 Å². The minimum Gasteiger partial charge on any atom is -0.493 e.